The second-order valence-corrected chi connectivity index (χ2v) is 7.23. The number of esters is 2. The molecule has 2 aromatic heterocycles. The minimum atomic E-state index is -0.557. The second kappa shape index (κ2) is 7.95. The van der Waals surface area contributed by atoms with Crippen molar-refractivity contribution in [3.63, 3.8) is 0 Å². The number of nitrogens with zero attached hydrogens (tertiary/aromatic N) is 3. The highest BCUT2D eigenvalue weighted by atomic mass is 79.9. The molecular weight excluding hydrogens is 390 g/mol. The summed E-state index contributed by atoms with van der Waals surface area (Å²) in [6.07, 6.45) is 5.80. The largest absolute Gasteiger partial charge is 0.465 e. The number of aromatic nitrogens is 3. The van der Waals surface area contributed by atoms with Gasteiger partial charge in [-0.15, -0.1) is 0 Å². The summed E-state index contributed by atoms with van der Waals surface area (Å²) in [6, 6.07) is 0. The molecule has 2 heterocycles. The Kier molecular flexibility index (Phi) is 6.16. The molecular formula is C17H22BrN3O4. The molecule has 8 heteroatoms. The number of methoxy groups -OCH3 is 1. The number of unbranched alkanes of at least 4 members (excludes halogenated alkanes) is 1. The van der Waals surface area contributed by atoms with Crippen LogP contribution in [0.4, 0.5) is 0 Å². The number of rotatable bonds is 7. The number of ether oxygens (including phenoxy) is 2. The van der Waals surface area contributed by atoms with Crippen LogP contribution in [0.1, 0.15) is 50.4 Å². The summed E-state index contributed by atoms with van der Waals surface area (Å²) in [6.45, 7) is 5.78. The highest BCUT2D eigenvalue weighted by Gasteiger charge is 2.29. The number of halogens is 1. The monoisotopic (exact) mass is 411 g/mol. The van der Waals surface area contributed by atoms with Gasteiger partial charge in [-0.05, 0) is 36.2 Å². The van der Waals surface area contributed by atoms with Gasteiger partial charge in [-0.1, -0.05) is 19.8 Å². The molecule has 0 fully saturated rings. The molecule has 25 heavy (non-hydrogen) atoms. The van der Waals surface area contributed by atoms with Gasteiger partial charge < -0.3 is 9.47 Å². The second-order valence-electron chi connectivity index (χ2n) is 6.42. The Morgan fingerprint density at radius 1 is 1.36 bits per heavy atom. The molecule has 0 aliphatic heterocycles. The van der Waals surface area contributed by atoms with Gasteiger partial charge >= 0.3 is 11.9 Å². The predicted molar refractivity (Wildman–Crippen MR) is 96.0 cm³/mol. The highest BCUT2D eigenvalue weighted by Crippen LogP contribution is 2.26. The quantitative estimate of drug-likeness (QED) is 0.645. The van der Waals surface area contributed by atoms with Crippen LogP contribution in [0.25, 0.3) is 11.2 Å². The van der Waals surface area contributed by atoms with Crippen molar-refractivity contribution in [3.8, 4) is 0 Å². The lowest BCUT2D eigenvalue weighted by atomic mass is 9.87. The van der Waals surface area contributed by atoms with Crippen molar-refractivity contribution in [2.24, 2.45) is 5.41 Å². The fourth-order valence-corrected chi connectivity index (χ4v) is 2.71. The van der Waals surface area contributed by atoms with Crippen LogP contribution in [0.15, 0.2) is 17.0 Å². The van der Waals surface area contributed by atoms with Crippen LogP contribution < -0.4 is 0 Å². The molecule has 0 N–H and O–H groups in total. The SMILES string of the molecule is CCCCC(C)(C)C(=O)OCn1cc(C(=O)OC)c2nc(Br)cnc21. The predicted octanol–water partition coefficient (Wildman–Crippen LogP) is 3.70. The molecule has 0 saturated heterocycles. The lowest BCUT2D eigenvalue weighted by molar-refractivity contribution is -0.158. The van der Waals surface area contributed by atoms with E-state index < -0.39 is 11.4 Å². The van der Waals surface area contributed by atoms with E-state index in [1.165, 1.54) is 19.5 Å². The third-order valence-electron chi connectivity index (χ3n) is 3.98. The first-order valence-electron chi connectivity index (χ1n) is 8.07. The average Bonchev–Trinajstić information content (AvgIpc) is 2.94. The van der Waals surface area contributed by atoms with E-state index in [0.29, 0.717) is 15.8 Å². The Morgan fingerprint density at radius 3 is 2.72 bits per heavy atom. The van der Waals surface area contributed by atoms with Crippen molar-refractivity contribution in [3.05, 3.63) is 22.6 Å². The molecule has 136 valence electrons. The Balaban J connectivity index is 2.24. The molecule has 7 nitrogen and oxygen atoms in total. The number of hydrogen-bond acceptors (Lipinski definition) is 6. The van der Waals surface area contributed by atoms with Crippen molar-refractivity contribution >= 4 is 39.0 Å². The molecule has 0 saturated carbocycles. The van der Waals surface area contributed by atoms with Crippen molar-refractivity contribution < 1.29 is 19.1 Å². The van der Waals surface area contributed by atoms with Gasteiger partial charge in [0, 0.05) is 6.20 Å². The lowest BCUT2D eigenvalue weighted by Crippen LogP contribution is -2.27. The first-order valence-corrected chi connectivity index (χ1v) is 8.86. The summed E-state index contributed by atoms with van der Waals surface area (Å²) in [7, 11) is 1.30. The zero-order chi connectivity index (χ0) is 18.6. The minimum Gasteiger partial charge on any atom is -0.465 e. The van der Waals surface area contributed by atoms with E-state index in [-0.39, 0.29) is 18.3 Å². The Labute approximate surface area is 154 Å². The van der Waals surface area contributed by atoms with Crippen LogP contribution >= 0.6 is 15.9 Å². The summed E-state index contributed by atoms with van der Waals surface area (Å²) < 4.78 is 12.3. The normalized spacial score (nSPS) is 11.6. The van der Waals surface area contributed by atoms with Gasteiger partial charge in [0.1, 0.15) is 15.7 Å². The number of carbonyl (C=O) groups is 2. The fraction of sp³-hybridized carbons (Fsp3) is 0.529. The van der Waals surface area contributed by atoms with Crippen LogP contribution in [-0.2, 0) is 21.0 Å². The topological polar surface area (TPSA) is 83.3 Å². The Morgan fingerprint density at radius 2 is 2.08 bits per heavy atom. The van der Waals surface area contributed by atoms with E-state index in [9.17, 15) is 9.59 Å². The Hall–Kier alpha value is -1.96. The average molecular weight is 412 g/mol. The Bertz CT molecular complexity index is 786. The summed E-state index contributed by atoms with van der Waals surface area (Å²) >= 11 is 3.24. The lowest BCUT2D eigenvalue weighted by Gasteiger charge is -2.22. The highest BCUT2D eigenvalue weighted by molar-refractivity contribution is 9.10. The molecule has 2 aromatic rings. The van der Waals surface area contributed by atoms with Crippen molar-refractivity contribution in [2.75, 3.05) is 7.11 Å². The maximum absolute atomic E-state index is 12.4. The molecule has 0 aliphatic carbocycles. The van der Waals surface area contributed by atoms with Gasteiger partial charge in [0.2, 0.25) is 0 Å². The first kappa shape index (κ1) is 19.4. The van der Waals surface area contributed by atoms with E-state index in [0.717, 1.165) is 19.3 Å². The summed E-state index contributed by atoms with van der Waals surface area (Å²) in [5.41, 5.74) is 0.552. The van der Waals surface area contributed by atoms with Gasteiger partial charge in [0.25, 0.3) is 0 Å². The van der Waals surface area contributed by atoms with Crippen molar-refractivity contribution in [1.29, 1.82) is 0 Å². The maximum atomic E-state index is 12.4. The molecule has 2 rings (SSSR count). The standard InChI is InChI=1S/C17H22BrN3O4/c1-5-6-7-17(2,3)16(23)25-10-21-9-11(15(22)24-4)13-14(21)19-8-12(18)20-13/h8-9H,5-7,10H2,1-4H3. The fourth-order valence-electron chi connectivity index (χ4n) is 2.43. The van der Waals surface area contributed by atoms with Crippen LogP contribution in [0.5, 0.6) is 0 Å². The van der Waals surface area contributed by atoms with Crippen LogP contribution in [0.3, 0.4) is 0 Å². The zero-order valence-electron chi connectivity index (χ0n) is 14.8. The third kappa shape index (κ3) is 4.36. The zero-order valence-corrected chi connectivity index (χ0v) is 16.4. The molecule has 0 spiro atoms. The van der Waals surface area contributed by atoms with Crippen molar-refractivity contribution in [2.45, 2.75) is 46.8 Å². The van der Waals surface area contributed by atoms with Gasteiger partial charge in [0.15, 0.2) is 12.4 Å². The minimum absolute atomic E-state index is 0.0435. The van der Waals surface area contributed by atoms with E-state index in [1.807, 2.05) is 13.8 Å². The van der Waals surface area contributed by atoms with Gasteiger partial charge in [-0.2, -0.15) is 0 Å². The maximum Gasteiger partial charge on any atom is 0.341 e. The molecule has 0 aromatic carbocycles. The van der Waals surface area contributed by atoms with E-state index >= 15 is 0 Å². The molecule has 0 amide bonds. The summed E-state index contributed by atoms with van der Waals surface area (Å²) in [4.78, 5) is 32.8. The van der Waals surface area contributed by atoms with Crippen LogP contribution in [-0.4, -0.2) is 33.6 Å². The van der Waals surface area contributed by atoms with Crippen LogP contribution in [0, 0.1) is 5.41 Å². The van der Waals surface area contributed by atoms with E-state index in [1.54, 1.807) is 4.57 Å². The van der Waals surface area contributed by atoms with E-state index in [2.05, 4.69) is 32.8 Å². The first-order chi connectivity index (χ1) is 11.8. The summed E-state index contributed by atoms with van der Waals surface area (Å²) in [5.74, 6) is -0.807. The molecule has 0 radical (unpaired) electrons. The molecule has 0 atom stereocenters. The molecule has 0 bridgehead atoms. The number of hydrogen-bond donors (Lipinski definition) is 0. The van der Waals surface area contributed by atoms with Crippen molar-refractivity contribution in [1.82, 2.24) is 14.5 Å². The van der Waals surface area contributed by atoms with Gasteiger partial charge in [-0.3, -0.25) is 9.36 Å². The molecule has 0 aliphatic rings. The van der Waals surface area contributed by atoms with Gasteiger partial charge in [0.05, 0.1) is 18.7 Å². The number of carbonyl (C=O) groups excluding carboxylic acids is 2. The summed E-state index contributed by atoms with van der Waals surface area (Å²) in [5, 5.41) is 0. The van der Waals surface area contributed by atoms with Gasteiger partial charge in [-0.25, -0.2) is 14.8 Å². The third-order valence-corrected chi connectivity index (χ3v) is 4.37. The van der Waals surface area contributed by atoms with E-state index in [4.69, 9.17) is 9.47 Å². The van der Waals surface area contributed by atoms with Crippen LogP contribution in [0.2, 0.25) is 0 Å². The molecule has 0 unspecified atom stereocenters. The number of fused-ring (bicyclic) bond motifs is 1. The smallest absolute Gasteiger partial charge is 0.341 e.